The van der Waals surface area contributed by atoms with Crippen LogP contribution in [0.3, 0.4) is 0 Å². The van der Waals surface area contributed by atoms with Crippen LogP contribution >= 0.6 is 15.9 Å². The zero-order valence-electron chi connectivity index (χ0n) is 10.3. The molecule has 2 rings (SSSR count). The summed E-state index contributed by atoms with van der Waals surface area (Å²) in [6.45, 7) is 0.592. The summed E-state index contributed by atoms with van der Waals surface area (Å²) in [6.07, 6.45) is 4.04. The van der Waals surface area contributed by atoms with E-state index in [1.807, 2.05) is 13.1 Å². The molecular weight excluding hydrogens is 312 g/mol. The Kier molecular flexibility index (Phi) is 4.16. The van der Waals surface area contributed by atoms with Crippen LogP contribution in [0, 0.1) is 0 Å². The first-order valence-electron chi connectivity index (χ1n) is 5.67. The van der Waals surface area contributed by atoms with Crippen molar-refractivity contribution in [3.63, 3.8) is 0 Å². The number of rotatable bonds is 5. The van der Waals surface area contributed by atoms with E-state index in [1.165, 1.54) is 6.07 Å². The number of aromatic nitrogens is 3. The molecule has 2 N–H and O–H groups in total. The average molecular weight is 325 g/mol. The third-order valence-corrected chi connectivity index (χ3v) is 3.11. The minimum absolute atomic E-state index is 0.152. The maximum absolute atomic E-state index is 11.1. The lowest BCUT2D eigenvalue weighted by atomic mass is 10.2. The van der Waals surface area contributed by atoms with Crippen LogP contribution in [0.2, 0.25) is 0 Å². The SMILES string of the molecule is Cn1nccc1CCNc1ncc(Br)cc1C(=O)O. The van der Waals surface area contributed by atoms with Crippen molar-refractivity contribution in [3.8, 4) is 0 Å². The predicted molar refractivity (Wildman–Crippen MR) is 74.3 cm³/mol. The van der Waals surface area contributed by atoms with Crippen molar-refractivity contribution < 1.29 is 9.90 Å². The zero-order chi connectivity index (χ0) is 13.8. The Hall–Kier alpha value is -1.89. The van der Waals surface area contributed by atoms with Gasteiger partial charge in [-0.25, -0.2) is 9.78 Å². The fraction of sp³-hybridized carbons (Fsp3) is 0.250. The lowest BCUT2D eigenvalue weighted by Gasteiger charge is -2.09. The second-order valence-corrected chi connectivity index (χ2v) is 4.89. The summed E-state index contributed by atoms with van der Waals surface area (Å²) >= 11 is 3.21. The number of aromatic carboxylic acids is 1. The first-order valence-corrected chi connectivity index (χ1v) is 6.47. The third-order valence-electron chi connectivity index (χ3n) is 2.68. The first-order chi connectivity index (χ1) is 9.08. The molecule has 100 valence electrons. The van der Waals surface area contributed by atoms with E-state index in [2.05, 4.69) is 31.3 Å². The second kappa shape index (κ2) is 5.83. The highest BCUT2D eigenvalue weighted by molar-refractivity contribution is 9.10. The molecule has 0 aliphatic carbocycles. The molecule has 0 aromatic carbocycles. The second-order valence-electron chi connectivity index (χ2n) is 3.98. The number of halogens is 1. The maximum atomic E-state index is 11.1. The Balaban J connectivity index is 2.03. The number of carbonyl (C=O) groups is 1. The van der Waals surface area contributed by atoms with Crippen LogP contribution in [0.5, 0.6) is 0 Å². The highest BCUT2D eigenvalue weighted by Gasteiger charge is 2.11. The summed E-state index contributed by atoms with van der Waals surface area (Å²) in [5.41, 5.74) is 1.22. The number of carboxylic acid groups (broad SMARTS) is 1. The van der Waals surface area contributed by atoms with E-state index in [4.69, 9.17) is 5.11 Å². The number of hydrogen-bond donors (Lipinski definition) is 2. The van der Waals surface area contributed by atoms with Crippen molar-refractivity contribution in [2.24, 2.45) is 7.05 Å². The first kappa shape index (κ1) is 13.5. The molecule has 0 amide bonds. The number of nitrogens with zero attached hydrogens (tertiary/aromatic N) is 3. The van der Waals surface area contributed by atoms with Gasteiger partial charge in [-0.1, -0.05) is 0 Å². The Morgan fingerprint density at radius 3 is 3.00 bits per heavy atom. The maximum Gasteiger partial charge on any atom is 0.339 e. The lowest BCUT2D eigenvalue weighted by Crippen LogP contribution is -2.12. The monoisotopic (exact) mass is 324 g/mol. The van der Waals surface area contributed by atoms with Gasteiger partial charge in [0.25, 0.3) is 0 Å². The molecule has 2 aromatic rings. The molecule has 0 radical (unpaired) electrons. The largest absolute Gasteiger partial charge is 0.478 e. The van der Waals surface area contributed by atoms with Crippen LogP contribution in [0.15, 0.2) is 29.0 Å². The Labute approximate surface area is 118 Å². The molecule has 0 spiro atoms. The van der Waals surface area contributed by atoms with Gasteiger partial charge in [0.2, 0.25) is 0 Å². The molecule has 2 aromatic heterocycles. The number of nitrogens with one attached hydrogen (secondary N) is 1. The number of hydrogen-bond acceptors (Lipinski definition) is 4. The summed E-state index contributed by atoms with van der Waals surface area (Å²) in [5.74, 6) is -0.630. The smallest absolute Gasteiger partial charge is 0.339 e. The van der Waals surface area contributed by atoms with Gasteiger partial charge in [-0.15, -0.1) is 0 Å². The minimum atomic E-state index is -1.00. The van der Waals surface area contributed by atoms with Crippen LogP contribution in [0.25, 0.3) is 0 Å². The highest BCUT2D eigenvalue weighted by atomic mass is 79.9. The van der Waals surface area contributed by atoms with Crippen molar-refractivity contribution in [2.75, 3.05) is 11.9 Å². The average Bonchev–Trinajstić information content (AvgIpc) is 2.77. The molecule has 7 heteroatoms. The molecule has 0 unspecified atom stereocenters. The van der Waals surface area contributed by atoms with Crippen LogP contribution < -0.4 is 5.32 Å². The number of pyridine rings is 1. The highest BCUT2D eigenvalue weighted by Crippen LogP contribution is 2.18. The summed E-state index contributed by atoms with van der Waals surface area (Å²) in [7, 11) is 1.87. The molecule has 0 fully saturated rings. The molecule has 0 aliphatic rings. The van der Waals surface area contributed by atoms with Gasteiger partial charge in [-0.2, -0.15) is 5.10 Å². The van der Waals surface area contributed by atoms with E-state index in [1.54, 1.807) is 17.1 Å². The topological polar surface area (TPSA) is 80.0 Å². The molecule has 19 heavy (non-hydrogen) atoms. The van der Waals surface area contributed by atoms with Crippen LogP contribution in [-0.4, -0.2) is 32.4 Å². The van der Waals surface area contributed by atoms with Crippen molar-refractivity contribution in [2.45, 2.75) is 6.42 Å². The summed E-state index contributed by atoms with van der Waals surface area (Å²) in [5, 5.41) is 16.2. The van der Waals surface area contributed by atoms with Gasteiger partial charge in [-0.05, 0) is 28.1 Å². The van der Waals surface area contributed by atoms with Gasteiger partial charge >= 0.3 is 5.97 Å². The number of carboxylic acids is 1. The molecule has 0 aliphatic heterocycles. The van der Waals surface area contributed by atoms with Gasteiger partial charge < -0.3 is 10.4 Å². The van der Waals surface area contributed by atoms with Crippen LogP contribution in [0.4, 0.5) is 5.82 Å². The Bertz CT molecular complexity index is 597. The normalized spacial score (nSPS) is 10.4. The molecule has 0 saturated heterocycles. The van der Waals surface area contributed by atoms with Crippen molar-refractivity contribution in [3.05, 3.63) is 40.3 Å². The minimum Gasteiger partial charge on any atom is -0.478 e. The van der Waals surface area contributed by atoms with Gasteiger partial charge in [0.15, 0.2) is 0 Å². The van der Waals surface area contributed by atoms with Gasteiger partial charge in [-0.3, -0.25) is 4.68 Å². The zero-order valence-corrected chi connectivity index (χ0v) is 11.9. The molecule has 0 atom stereocenters. The van der Waals surface area contributed by atoms with E-state index >= 15 is 0 Å². The van der Waals surface area contributed by atoms with Crippen LogP contribution in [-0.2, 0) is 13.5 Å². The number of anilines is 1. The van der Waals surface area contributed by atoms with Gasteiger partial charge in [0.05, 0.1) is 0 Å². The van der Waals surface area contributed by atoms with E-state index in [0.717, 1.165) is 12.1 Å². The van der Waals surface area contributed by atoms with Crippen molar-refractivity contribution in [1.82, 2.24) is 14.8 Å². The van der Waals surface area contributed by atoms with Crippen LogP contribution in [0.1, 0.15) is 16.1 Å². The van der Waals surface area contributed by atoms with E-state index in [9.17, 15) is 4.79 Å². The molecule has 6 nitrogen and oxygen atoms in total. The summed E-state index contributed by atoms with van der Waals surface area (Å²) in [6, 6.07) is 3.45. The molecule has 0 saturated carbocycles. The van der Waals surface area contributed by atoms with E-state index in [0.29, 0.717) is 16.8 Å². The van der Waals surface area contributed by atoms with Gasteiger partial charge in [0.1, 0.15) is 11.4 Å². The molecular formula is C12H13BrN4O2. The predicted octanol–water partition coefficient (Wildman–Crippen LogP) is 1.93. The fourth-order valence-electron chi connectivity index (χ4n) is 1.70. The standard InChI is InChI=1S/C12H13BrN4O2/c1-17-9(3-5-16-17)2-4-14-11-10(12(18)19)6-8(13)7-15-11/h3,5-7H,2,4H2,1H3,(H,14,15)(H,18,19). The quantitative estimate of drug-likeness (QED) is 0.878. The molecule has 0 bridgehead atoms. The lowest BCUT2D eigenvalue weighted by molar-refractivity contribution is 0.0697. The van der Waals surface area contributed by atoms with Crippen molar-refractivity contribution >= 4 is 27.7 Å². The third kappa shape index (κ3) is 3.31. The van der Waals surface area contributed by atoms with E-state index < -0.39 is 5.97 Å². The fourth-order valence-corrected chi connectivity index (χ4v) is 2.03. The Morgan fingerprint density at radius 1 is 1.58 bits per heavy atom. The molecule has 2 heterocycles. The van der Waals surface area contributed by atoms with Gasteiger partial charge in [0, 0.05) is 42.6 Å². The van der Waals surface area contributed by atoms with E-state index in [-0.39, 0.29) is 5.56 Å². The van der Waals surface area contributed by atoms with Crippen molar-refractivity contribution in [1.29, 1.82) is 0 Å². The summed E-state index contributed by atoms with van der Waals surface area (Å²) in [4.78, 5) is 15.2. The summed E-state index contributed by atoms with van der Waals surface area (Å²) < 4.78 is 2.43. The number of aryl methyl sites for hydroxylation is 1. The Morgan fingerprint density at radius 2 is 2.37 bits per heavy atom.